The summed E-state index contributed by atoms with van der Waals surface area (Å²) in [6.07, 6.45) is 1.19. The standard InChI is InChI=1S/C16H19N3O4S/c1-17(2)24(22,23)14-9-10-15(20)19(11-14)12-16(21)18(3)13-7-5-4-6-8-13/h4-11H,12H2,1-3H3. The van der Waals surface area contributed by atoms with E-state index in [-0.39, 0.29) is 17.3 Å². The highest BCUT2D eigenvalue weighted by Crippen LogP contribution is 2.13. The summed E-state index contributed by atoms with van der Waals surface area (Å²) in [7, 11) is 0.728. The first kappa shape index (κ1) is 17.9. The van der Waals surface area contributed by atoms with Crippen molar-refractivity contribution >= 4 is 21.6 Å². The molecule has 1 aromatic carbocycles. The third kappa shape index (κ3) is 3.72. The van der Waals surface area contributed by atoms with Crippen molar-refractivity contribution in [1.82, 2.24) is 8.87 Å². The largest absolute Gasteiger partial charge is 0.314 e. The van der Waals surface area contributed by atoms with Gasteiger partial charge in [-0.05, 0) is 18.2 Å². The van der Waals surface area contributed by atoms with Gasteiger partial charge < -0.3 is 9.47 Å². The van der Waals surface area contributed by atoms with Crippen LogP contribution in [0.25, 0.3) is 0 Å². The van der Waals surface area contributed by atoms with Gasteiger partial charge in [0.25, 0.3) is 5.56 Å². The van der Waals surface area contributed by atoms with Crippen LogP contribution >= 0.6 is 0 Å². The number of carbonyl (C=O) groups is 1. The molecule has 24 heavy (non-hydrogen) atoms. The predicted octanol–water partition coefficient (Wildman–Crippen LogP) is 0.762. The first-order valence-electron chi connectivity index (χ1n) is 7.18. The van der Waals surface area contributed by atoms with E-state index in [1.165, 1.54) is 31.3 Å². The maximum atomic E-state index is 12.4. The van der Waals surface area contributed by atoms with Crippen molar-refractivity contribution in [2.24, 2.45) is 0 Å². The molecular formula is C16H19N3O4S. The number of para-hydroxylation sites is 1. The van der Waals surface area contributed by atoms with Crippen LogP contribution < -0.4 is 10.5 Å². The predicted molar refractivity (Wildman–Crippen MR) is 91.4 cm³/mol. The Kier molecular flexibility index (Phi) is 5.20. The van der Waals surface area contributed by atoms with Gasteiger partial charge in [-0.3, -0.25) is 9.59 Å². The highest BCUT2D eigenvalue weighted by atomic mass is 32.2. The number of carbonyl (C=O) groups excluding carboxylic acids is 1. The minimum Gasteiger partial charge on any atom is -0.314 e. The molecule has 2 rings (SSSR count). The number of rotatable bonds is 5. The molecule has 0 saturated heterocycles. The summed E-state index contributed by atoms with van der Waals surface area (Å²) in [5.74, 6) is -0.331. The quantitative estimate of drug-likeness (QED) is 0.798. The summed E-state index contributed by atoms with van der Waals surface area (Å²) in [5.41, 5.74) is 0.245. The van der Waals surface area contributed by atoms with Gasteiger partial charge in [-0.15, -0.1) is 0 Å². The second kappa shape index (κ2) is 6.98. The van der Waals surface area contributed by atoms with Crippen molar-refractivity contribution in [1.29, 1.82) is 0 Å². The van der Waals surface area contributed by atoms with E-state index in [1.54, 1.807) is 31.3 Å². The van der Waals surface area contributed by atoms with E-state index in [2.05, 4.69) is 0 Å². The lowest BCUT2D eigenvalue weighted by atomic mass is 10.3. The first-order valence-corrected chi connectivity index (χ1v) is 8.62. The molecule has 0 spiro atoms. The van der Waals surface area contributed by atoms with Crippen LogP contribution in [-0.4, -0.2) is 44.3 Å². The average Bonchev–Trinajstić information content (AvgIpc) is 2.56. The van der Waals surface area contributed by atoms with Gasteiger partial charge in [-0.2, -0.15) is 0 Å². The van der Waals surface area contributed by atoms with Crippen LogP contribution in [0.1, 0.15) is 0 Å². The van der Waals surface area contributed by atoms with Gasteiger partial charge in [-0.1, -0.05) is 18.2 Å². The summed E-state index contributed by atoms with van der Waals surface area (Å²) in [5, 5.41) is 0. The molecule has 1 aromatic heterocycles. The molecule has 1 heterocycles. The summed E-state index contributed by atoms with van der Waals surface area (Å²) in [4.78, 5) is 25.7. The zero-order valence-electron chi connectivity index (χ0n) is 13.7. The lowest BCUT2D eigenvalue weighted by Crippen LogP contribution is -2.34. The van der Waals surface area contributed by atoms with Gasteiger partial charge in [0.2, 0.25) is 15.9 Å². The highest BCUT2D eigenvalue weighted by Gasteiger charge is 2.19. The Morgan fingerprint density at radius 1 is 1.04 bits per heavy atom. The number of anilines is 1. The molecule has 0 bridgehead atoms. The van der Waals surface area contributed by atoms with Crippen LogP contribution in [-0.2, 0) is 21.4 Å². The van der Waals surface area contributed by atoms with Crippen LogP contribution in [0, 0.1) is 0 Å². The van der Waals surface area contributed by atoms with Gasteiger partial charge in [0.05, 0.1) is 4.90 Å². The second-order valence-electron chi connectivity index (χ2n) is 5.41. The van der Waals surface area contributed by atoms with Crippen molar-refractivity contribution < 1.29 is 13.2 Å². The van der Waals surface area contributed by atoms with E-state index in [0.29, 0.717) is 5.69 Å². The number of benzene rings is 1. The molecule has 2 aromatic rings. The molecule has 0 aliphatic carbocycles. The third-order valence-electron chi connectivity index (χ3n) is 3.56. The maximum absolute atomic E-state index is 12.4. The fraction of sp³-hybridized carbons (Fsp3) is 0.250. The molecule has 0 unspecified atom stereocenters. The number of sulfonamides is 1. The van der Waals surface area contributed by atoms with Gasteiger partial charge in [-0.25, -0.2) is 12.7 Å². The molecule has 8 heteroatoms. The van der Waals surface area contributed by atoms with Gasteiger partial charge >= 0.3 is 0 Å². The number of aromatic nitrogens is 1. The third-order valence-corrected chi connectivity index (χ3v) is 5.36. The van der Waals surface area contributed by atoms with Crippen molar-refractivity contribution in [2.45, 2.75) is 11.4 Å². The Morgan fingerprint density at radius 2 is 1.67 bits per heavy atom. The summed E-state index contributed by atoms with van der Waals surface area (Å²) in [6, 6.07) is 11.4. The monoisotopic (exact) mass is 349 g/mol. The van der Waals surface area contributed by atoms with E-state index in [9.17, 15) is 18.0 Å². The summed E-state index contributed by atoms with van der Waals surface area (Å²) >= 11 is 0. The number of hydrogen-bond donors (Lipinski definition) is 0. The Hall–Kier alpha value is -2.45. The lowest BCUT2D eigenvalue weighted by molar-refractivity contribution is -0.118. The fourth-order valence-corrected chi connectivity index (χ4v) is 2.97. The molecule has 7 nitrogen and oxygen atoms in total. The Morgan fingerprint density at radius 3 is 2.25 bits per heavy atom. The van der Waals surface area contributed by atoms with Gasteiger partial charge in [0.1, 0.15) is 6.54 Å². The van der Waals surface area contributed by atoms with E-state index in [0.717, 1.165) is 14.9 Å². The van der Waals surface area contributed by atoms with Crippen molar-refractivity contribution in [3.05, 3.63) is 59.0 Å². The molecule has 0 aliphatic rings. The molecular weight excluding hydrogens is 330 g/mol. The number of pyridine rings is 1. The fourth-order valence-electron chi connectivity index (χ4n) is 2.04. The molecule has 128 valence electrons. The number of hydrogen-bond acceptors (Lipinski definition) is 4. The van der Waals surface area contributed by atoms with Crippen molar-refractivity contribution in [2.75, 3.05) is 26.0 Å². The minimum atomic E-state index is -3.68. The van der Waals surface area contributed by atoms with Crippen LogP contribution in [0.4, 0.5) is 5.69 Å². The molecule has 0 fully saturated rings. The van der Waals surface area contributed by atoms with Crippen LogP contribution in [0.5, 0.6) is 0 Å². The van der Waals surface area contributed by atoms with Crippen LogP contribution in [0.15, 0.2) is 58.4 Å². The van der Waals surface area contributed by atoms with Gasteiger partial charge in [0.15, 0.2) is 0 Å². The molecule has 0 N–H and O–H groups in total. The topological polar surface area (TPSA) is 79.7 Å². The summed E-state index contributed by atoms with van der Waals surface area (Å²) in [6.45, 7) is -0.249. The normalized spacial score (nSPS) is 11.5. The minimum absolute atomic E-state index is 0.0396. The SMILES string of the molecule is CN(C(=O)Cn1cc(S(=O)(=O)N(C)C)ccc1=O)c1ccccc1. The van der Waals surface area contributed by atoms with Crippen LogP contribution in [0.3, 0.4) is 0 Å². The van der Waals surface area contributed by atoms with E-state index < -0.39 is 15.6 Å². The molecule has 0 atom stereocenters. The Labute approximate surface area is 140 Å². The molecule has 1 amide bonds. The number of likely N-dealkylation sites (N-methyl/N-ethyl adjacent to an activating group) is 1. The molecule has 0 saturated carbocycles. The maximum Gasteiger partial charge on any atom is 0.251 e. The number of amides is 1. The first-order chi connectivity index (χ1) is 11.2. The smallest absolute Gasteiger partial charge is 0.251 e. The van der Waals surface area contributed by atoms with E-state index in [4.69, 9.17) is 0 Å². The zero-order valence-corrected chi connectivity index (χ0v) is 14.5. The molecule has 0 radical (unpaired) electrons. The van der Waals surface area contributed by atoms with Crippen molar-refractivity contribution in [3.8, 4) is 0 Å². The second-order valence-corrected chi connectivity index (χ2v) is 7.56. The average molecular weight is 349 g/mol. The van der Waals surface area contributed by atoms with E-state index >= 15 is 0 Å². The van der Waals surface area contributed by atoms with E-state index in [1.807, 2.05) is 6.07 Å². The zero-order chi connectivity index (χ0) is 17.9. The lowest BCUT2D eigenvalue weighted by Gasteiger charge is -2.18. The molecule has 0 aliphatic heterocycles. The van der Waals surface area contributed by atoms with Crippen LogP contribution in [0.2, 0.25) is 0 Å². The van der Waals surface area contributed by atoms with Gasteiger partial charge in [0, 0.05) is 39.1 Å². The Bertz CT molecular complexity index is 889. The Balaban J connectivity index is 2.30. The number of nitrogens with zero attached hydrogens (tertiary/aromatic N) is 3. The highest BCUT2D eigenvalue weighted by molar-refractivity contribution is 7.89. The van der Waals surface area contributed by atoms with Crippen molar-refractivity contribution in [3.63, 3.8) is 0 Å². The summed E-state index contributed by atoms with van der Waals surface area (Å²) < 4.78 is 26.4.